The Balaban J connectivity index is 1.86. The number of carboxylic acids is 1. The Bertz CT molecular complexity index is 384. The molecule has 0 saturated carbocycles. The quantitative estimate of drug-likeness (QED) is 0.685. The summed E-state index contributed by atoms with van der Waals surface area (Å²) in [7, 11) is 1.70. The second-order valence-corrected chi connectivity index (χ2v) is 4.82. The highest BCUT2D eigenvalue weighted by molar-refractivity contribution is 5.88. The summed E-state index contributed by atoms with van der Waals surface area (Å²) in [6.45, 7) is 1.29. The minimum absolute atomic E-state index is 0.0858. The number of hydrogen-bond donors (Lipinski definition) is 2. The summed E-state index contributed by atoms with van der Waals surface area (Å²) in [5.74, 6) is -1.45. The largest absolute Gasteiger partial charge is 0.481 e. The molecule has 0 aromatic rings. The van der Waals surface area contributed by atoms with Gasteiger partial charge < -0.3 is 20.2 Å². The van der Waals surface area contributed by atoms with Crippen LogP contribution in [-0.4, -0.2) is 65.5 Å². The number of carbonyl (C=O) groups excluding carboxylic acids is 2. The molecular formula is C11H17N3O4. The third-order valence-electron chi connectivity index (χ3n) is 3.55. The van der Waals surface area contributed by atoms with Crippen molar-refractivity contribution < 1.29 is 19.5 Å². The summed E-state index contributed by atoms with van der Waals surface area (Å²) in [6.07, 6.45) is 1.08. The van der Waals surface area contributed by atoms with Gasteiger partial charge >= 0.3 is 12.0 Å². The number of likely N-dealkylation sites (tertiary alicyclic amines) is 2. The smallest absolute Gasteiger partial charge is 0.318 e. The number of rotatable bonds is 2. The van der Waals surface area contributed by atoms with Gasteiger partial charge in [0.25, 0.3) is 0 Å². The van der Waals surface area contributed by atoms with Crippen molar-refractivity contribution in [3.8, 4) is 0 Å². The molecule has 2 heterocycles. The van der Waals surface area contributed by atoms with Gasteiger partial charge in [0, 0.05) is 26.7 Å². The van der Waals surface area contributed by atoms with E-state index >= 15 is 0 Å². The number of carboxylic acid groups (broad SMARTS) is 1. The topological polar surface area (TPSA) is 90.0 Å². The summed E-state index contributed by atoms with van der Waals surface area (Å²) < 4.78 is 0. The predicted molar refractivity (Wildman–Crippen MR) is 61.9 cm³/mol. The van der Waals surface area contributed by atoms with Crippen molar-refractivity contribution in [3.63, 3.8) is 0 Å². The lowest BCUT2D eigenvalue weighted by molar-refractivity contribution is -0.141. The summed E-state index contributed by atoms with van der Waals surface area (Å²) in [5, 5.41) is 11.5. The third-order valence-corrected chi connectivity index (χ3v) is 3.55. The van der Waals surface area contributed by atoms with Gasteiger partial charge in [-0.15, -0.1) is 0 Å². The van der Waals surface area contributed by atoms with Crippen LogP contribution in [0.2, 0.25) is 0 Å². The number of amides is 3. The Hall–Kier alpha value is -1.79. The normalized spacial score (nSPS) is 27.7. The van der Waals surface area contributed by atoms with Crippen LogP contribution in [-0.2, 0) is 9.59 Å². The van der Waals surface area contributed by atoms with Gasteiger partial charge in [-0.2, -0.15) is 0 Å². The maximum absolute atomic E-state index is 11.9. The van der Waals surface area contributed by atoms with E-state index in [1.165, 1.54) is 4.90 Å². The van der Waals surface area contributed by atoms with Crippen molar-refractivity contribution in [3.05, 3.63) is 0 Å². The molecule has 2 atom stereocenters. The summed E-state index contributed by atoms with van der Waals surface area (Å²) >= 11 is 0. The Kier molecular flexibility index (Phi) is 3.40. The monoisotopic (exact) mass is 255 g/mol. The van der Waals surface area contributed by atoms with Crippen LogP contribution in [0.25, 0.3) is 0 Å². The first-order valence-electron chi connectivity index (χ1n) is 6.02. The lowest BCUT2D eigenvalue weighted by Crippen LogP contribution is -2.47. The Morgan fingerprint density at radius 1 is 1.33 bits per heavy atom. The number of nitrogens with one attached hydrogen (secondary N) is 1. The third kappa shape index (κ3) is 2.39. The predicted octanol–water partition coefficient (Wildman–Crippen LogP) is -0.667. The average Bonchev–Trinajstić information content (AvgIpc) is 2.91. The first-order chi connectivity index (χ1) is 8.49. The van der Waals surface area contributed by atoms with Gasteiger partial charge in [0.2, 0.25) is 5.91 Å². The van der Waals surface area contributed by atoms with Gasteiger partial charge in [-0.25, -0.2) is 4.79 Å². The van der Waals surface area contributed by atoms with Gasteiger partial charge in [0.15, 0.2) is 0 Å². The fourth-order valence-electron chi connectivity index (χ4n) is 2.34. The SMILES string of the molecule is CN1CCC(NC(=O)N2CCC(C(=O)O)C2)C1=O. The van der Waals surface area contributed by atoms with Crippen molar-refractivity contribution in [2.24, 2.45) is 5.92 Å². The second-order valence-electron chi connectivity index (χ2n) is 4.82. The van der Waals surface area contributed by atoms with Crippen LogP contribution < -0.4 is 5.32 Å². The van der Waals surface area contributed by atoms with Crippen LogP contribution >= 0.6 is 0 Å². The number of aliphatic carboxylic acids is 1. The van der Waals surface area contributed by atoms with E-state index in [4.69, 9.17) is 5.11 Å². The Morgan fingerprint density at radius 2 is 2.06 bits per heavy atom. The van der Waals surface area contributed by atoms with Gasteiger partial charge in [-0.05, 0) is 12.8 Å². The minimum Gasteiger partial charge on any atom is -0.481 e. The van der Waals surface area contributed by atoms with E-state index in [0.717, 1.165) is 0 Å². The molecule has 3 amide bonds. The van der Waals surface area contributed by atoms with Crippen molar-refractivity contribution in [2.45, 2.75) is 18.9 Å². The van der Waals surface area contributed by atoms with Crippen LogP contribution in [0.15, 0.2) is 0 Å². The number of carbonyl (C=O) groups is 3. The summed E-state index contributed by atoms with van der Waals surface area (Å²) in [4.78, 5) is 37.3. The van der Waals surface area contributed by atoms with Crippen LogP contribution in [0.4, 0.5) is 4.79 Å². The van der Waals surface area contributed by atoms with Crippen molar-refractivity contribution >= 4 is 17.9 Å². The number of nitrogens with zero attached hydrogens (tertiary/aromatic N) is 2. The molecule has 18 heavy (non-hydrogen) atoms. The molecular weight excluding hydrogens is 238 g/mol. The van der Waals surface area contributed by atoms with E-state index in [-0.39, 0.29) is 18.5 Å². The number of hydrogen-bond acceptors (Lipinski definition) is 3. The highest BCUT2D eigenvalue weighted by Gasteiger charge is 2.35. The fourth-order valence-corrected chi connectivity index (χ4v) is 2.34. The first kappa shape index (κ1) is 12.7. The maximum atomic E-state index is 11.9. The van der Waals surface area contributed by atoms with Gasteiger partial charge in [-0.1, -0.05) is 0 Å². The van der Waals surface area contributed by atoms with E-state index < -0.39 is 17.9 Å². The molecule has 2 rings (SSSR count). The lowest BCUT2D eigenvalue weighted by atomic mass is 10.1. The number of likely N-dealkylation sites (N-methyl/N-ethyl adjacent to an activating group) is 1. The van der Waals surface area contributed by atoms with Crippen LogP contribution in [0.5, 0.6) is 0 Å². The Morgan fingerprint density at radius 3 is 2.56 bits per heavy atom. The molecule has 0 bridgehead atoms. The van der Waals surface area contributed by atoms with E-state index in [9.17, 15) is 14.4 Å². The van der Waals surface area contributed by atoms with E-state index in [0.29, 0.717) is 25.9 Å². The molecule has 2 aliphatic rings. The highest BCUT2D eigenvalue weighted by atomic mass is 16.4. The minimum atomic E-state index is -0.873. The molecule has 0 aromatic carbocycles. The van der Waals surface area contributed by atoms with Crippen LogP contribution in [0.3, 0.4) is 0 Å². The standard InChI is InChI=1S/C11H17N3O4/c1-13-4-3-8(9(13)15)12-11(18)14-5-2-7(6-14)10(16)17/h7-8H,2-6H2,1H3,(H,12,18)(H,16,17). The lowest BCUT2D eigenvalue weighted by Gasteiger charge is -2.19. The van der Waals surface area contributed by atoms with E-state index in [1.54, 1.807) is 11.9 Å². The van der Waals surface area contributed by atoms with Gasteiger partial charge in [-0.3, -0.25) is 9.59 Å². The molecule has 2 unspecified atom stereocenters. The Labute approximate surface area is 105 Å². The molecule has 2 saturated heterocycles. The molecule has 7 nitrogen and oxygen atoms in total. The van der Waals surface area contributed by atoms with Crippen LogP contribution in [0, 0.1) is 5.92 Å². The molecule has 7 heteroatoms. The summed E-state index contributed by atoms with van der Waals surface area (Å²) in [5.41, 5.74) is 0. The van der Waals surface area contributed by atoms with E-state index in [2.05, 4.69) is 5.32 Å². The van der Waals surface area contributed by atoms with Gasteiger partial charge in [0.1, 0.15) is 6.04 Å². The molecule has 100 valence electrons. The second kappa shape index (κ2) is 4.83. The van der Waals surface area contributed by atoms with Crippen LogP contribution in [0.1, 0.15) is 12.8 Å². The van der Waals surface area contributed by atoms with Crippen molar-refractivity contribution in [1.29, 1.82) is 0 Å². The molecule has 2 aliphatic heterocycles. The van der Waals surface area contributed by atoms with Gasteiger partial charge in [0.05, 0.1) is 5.92 Å². The van der Waals surface area contributed by atoms with E-state index in [1.807, 2.05) is 0 Å². The fraction of sp³-hybridized carbons (Fsp3) is 0.727. The molecule has 0 aromatic heterocycles. The zero-order valence-corrected chi connectivity index (χ0v) is 10.3. The van der Waals surface area contributed by atoms with Crippen molar-refractivity contribution in [1.82, 2.24) is 15.1 Å². The molecule has 0 spiro atoms. The summed E-state index contributed by atoms with van der Waals surface area (Å²) in [6, 6.07) is -0.807. The maximum Gasteiger partial charge on any atom is 0.318 e. The zero-order valence-electron chi connectivity index (χ0n) is 10.3. The number of urea groups is 1. The first-order valence-corrected chi connectivity index (χ1v) is 6.02. The molecule has 0 aliphatic carbocycles. The average molecular weight is 255 g/mol. The molecule has 2 fully saturated rings. The molecule has 0 radical (unpaired) electrons. The molecule has 2 N–H and O–H groups in total. The highest BCUT2D eigenvalue weighted by Crippen LogP contribution is 2.17. The van der Waals surface area contributed by atoms with Crippen molar-refractivity contribution in [2.75, 3.05) is 26.7 Å². The zero-order chi connectivity index (χ0) is 13.3.